The van der Waals surface area contributed by atoms with Crippen molar-refractivity contribution < 1.29 is 4.92 Å². The first-order chi connectivity index (χ1) is 6.16. The van der Waals surface area contributed by atoms with E-state index in [0.717, 1.165) is 15.4 Å². The van der Waals surface area contributed by atoms with E-state index in [-0.39, 0.29) is 5.82 Å². The summed E-state index contributed by atoms with van der Waals surface area (Å²) in [5.74, 6) is 0.0214. The molecule has 0 spiro atoms. The minimum Gasteiger partial charge on any atom is -0.358 e. The van der Waals surface area contributed by atoms with E-state index in [1.165, 1.54) is 6.07 Å². The zero-order valence-corrected chi connectivity index (χ0v) is 8.04. The van der Waals surface area contributed by atoms with E-state index in [2.05, 4.69) is 20.9 Å². The molecule has 0 atom stereocenters. The summed E-state index contributed by atoms with van der Waals surface area (Å²) in [6.45, 7) is 0. The van der Waals surface area contributed by atoms with Crippen molar-refractivity contribution in [2.24, 2.45) is 0 Å². The molecule has 1 heterocycles. The molecule has 0 aliphatic heterocycles. The minimum atomic E-state index is -0.437. The third kappa shape index (κ3) is 1.42. The molecule has 13 heavy (non-hydrogen) atoms. The molecule has 5 heteroatoms. The zero-order chi connectivity index (χ0) is 9.42. The second-order valence-electron chi connectivity index (χ2n) is 2.64. The molecule has 0 radical (unpaired) electrons. The van der Waals surface area contributed by atoms with Gasteiger partial charge in [0.1, 0.15) is 5.52 Å². The van der Waals surface area contributed by atoms with Crippen molar-refractivity contribution in [3.05, 3.63) is 38.9 Å². The van der Waals surface area contributed by atoms with Crippen molar-refractivity contribution in [2.75, 3.05) is 0 Å². The van der Waals surface area contributed by atoms with Crippen molar-refractivity contribution in [3.8, 4) is 0 Å². The Hall–Kier alpha value is -1.36. The predicted molar refractivity (Wildman–Crippen MR) is 52.7 cm³/mol. The number of hydrogen-bond donors (Lipinski definition) is 1. The number of nitrogens with zero attached hydrogens (tertiary/aromatic N) is 1. The number of hydrogen-bond acceptors (Lipinski definition) is 2. The Labute approximate surface area is 81.8 Å². The van der Waals surface area contributed by atoms with Crippen LogP contribution in [0.2, 0.25) is 0 Å². The average Bonchev–Trinajstić information content (AvgIpc) is 2.46. The minimum absolute atomic E-state index is 0.0214. The van der Waals surface area contributed by atoms with Crippen LogP contribution >= 0.6 is 15.9 Å². The number of halogens is 1. The number of aromatic amines is 1. The standard InChI is InChI=1S/C8H5BrN2O2/c9-6-1-2-7-5(3-6)4-8(10-7)11(12)13/h1-4,10H. The average molecular weight is 241 g/mol. The highest BCUT2D eigenvalue weighted by Gasteiger charge is 2.08. The Kier molecular flexibility index (Phi) is 1.81. The van der Waals surface area contributed by atoms with Crippen LogP contribution < -0.4 is 0 Å². The predicted octanol–water partition coefficient (Wildman–Crippen LogP) is 2.84. The maximum atomic E-state index is 10.4. The molecule has 0 amide bonds. The van der Waals surface area contributed by atoms with Crippen LogP contribution in [-0.4, -0.2) is 9.91 Å². The molecule has 0 aliphatic carbocycles. The molecule has 66 valence electrons. The Morgan fingerprint density at radius 2 is 2.15 bits per heavy atom. The zero-order valence-electron chi connectivity index (χ0n) is 6.45. The van der Waals surface area contributed by atoms with Crippen LogP contribution in [0.3, 0.4) is 0 Å². The van der Waals surface area contributed by atoms with Crippen LogP contribution in [0.25, 0.3) is 10.9 Å². The summed E-state index contributed by atoms with van der Waals surface area (Å²) in [6, 6.07) is 6.98. The molecule has 0 saturated heterocycles. The molecular formula is C8H5BrN2O2. The van der Waals surface area contributed by atoms with Gasteiger partial charge in [-0.15, -0.1) is 0 Å². The number of H-pyrrole nitrogens is 1. The monoisotopic (exact) mass is 240 g/mol. The van der Waals surface area contributed by atoms with E-state index < -0.39 is 4.92 Å². The molecule has 2 aromatic rings. The fourth-order valence-electron chi connectivity index (χ4n) is 1.19. The van der Waals surface area contributed by atoms with Gasteiger partial charge >= 0.3 is 5.82 Å². The van der Waals surface area contributed by atoms with Crippen LogP contribution in [0.4, 0.5) is 5.82 Å². The number of rotatable bonds is 1. The van der Waals surface area contributed by atoms with Gasteiger partial charge in [-0.25, -0.2) is 4.98 Å². The second kappa shape index (κ2) is 2.85. The molecule has 0 bridgehead atoms. The molecule has 1 aromatic heterocycles. The van der Waals surface area contributed by atoms with Crippen molar-refractivity contribution in [3.63, 3.8) is 0 Å². The van der Waals surface area contributed by atoms with E-state index in [4.69, 9.17) is 0 Å². The maximum absolute atomic E-state index is 10.4. The van der Waals surface area contributed by atoms with E-state index in [9.17, 15) is 10.1 Å². The van der Waals surface area contributed by atoms with Crippen LogP contribution in [-0.2, 0) is 0 Å². The third-order valence-corrected chi connectivity index (χ3v) is 2.26. The van der Waals surface area contributed by atoms with Gasteiger partial charge in [-0.3, -0.25) is 0 Å². The Morgan fingerprint density at radius 3 is 2.85 bits per heavy atom. The topological polar surface area (TPSA) is 58.9 Å². The van der Waals surface area contributed by atoms with Gasteiger partial charge in [0.15, 0.2) is 0 Å². The lowest BCUT2D eigenvalue weighted by Crippen LogP contribution is -1.85. The van der Waals surface area contributed by atoms with E-state index in [1.807, 2.05) is 12.1 Å². The molecule has 1 aromatic carbocycles. The summed E-state index contributed by atoms with van der Waals surface area (Å²) in [5.41, 5.74) is 0.773. The van der Waals surface area contributed by atoms with E-state index in [0.29, 0.717) is 0 Å². The molecule has 2 rings (SSSR count). The lowest BCUT2D eigenvalue weighted by atomic mass is 10.2. The Balaban J connectivity index is 2.68. The van der Waals surface area contributed by atoms with Gasteiger partial charge in [0.2, 0.25) is 0 Å². The fourth-order valence-corrected chi connectivity index (χ4v) is 1.57. The first kappa shape index (κ1) is 8.25. The number of benzene rings is 1. The first-order valence-electron chi connectivity index (χ1n) is 3.59. The summed E-state index contributed by atoms with van der Waals surface area (Å²) in [6.07, 6.45) is 0. The Bertz CT molecular complexity index is 478. The first-order valence-corrected chi connectivity index (χ1v) is 4.39. The molecule has 1 N–H and O–H groups in total. The molecule has 4 nitrogen and oxygen atoms in total. The number of nitro groups is 1. The number of nitrogens with one attached hydrogen (secondary N) is 1. The van der Waals surface area contributed by atoms with Gasteiger partial charge in [-0.05, 0) is 23.1 Å². The lowest BCUT2D eigenvalue weighted by molar-refractivity contribution is -0.389. The highest BCUT2D eigenvalue weighted by molar-refractivity contribution is 9.10. The summed E-state index contributed by atoms with van der Waals surface area (Å²) < 4.78 is 0.911. The van der Waals surface area contributed by atoms with Gasteiger partial charge in [0.25, 0.3) is 0 Å². The lowest BCUT2D eigenvalue weighted by Gasteiger charge is -1.86. The number of aromatic nitrogens is 1. The van der Waals surface area contributed by atoms with E-state index >= 15 is 0 Å². The maximum Gasteiger partial charge on any atom is 0.321 e. The van der Waals surface area contributed by atoms with E-state index in [1.54, 1.807) is 6.07 Å². The van der Waals surface area contributed by atoms with Crippen molar-refractivity contribution in [1.29, 1.82) is 0 Å². The van der Waals surface area contributed by atoms with Gasteiger partial charge in [0, 0.05) is 15.9 Å². The Morgan fingerprint density at radius 1 is 1.38 bits per heavy atom. The van der Waals surface area contributed by atoms with Crippen LogP contribution in [0.15, 0.2) is 28.7 Å². The smallest absolute Gasteiger partial charge is 0.321 e. The molecular weight excluding hydrogens is 236 g/mol. The van der Waals surface area contributed by atoms with Crippen LogP contribution in [0.1, 0.15) is 0 Å². The van der Waals surface area contributed by atoms with Gasteiger partial charge in [-0.1, -0.05) is 15.9 Å². The number of fused-ring (bicyclic) bond motifs is 1. The largest absolute Gasteiger partial charge is 0.358 e. The summed E-state index contributed by atoms with van der Waals surface area (Å²) in [5, 5.41) is 11.3. The third-order valence-electron chi connectivity index (χ3n) is 1.77. The molecule has 0 unspecified atom stereocenters. The highest BCUT2D eigenvalue weighted by Crippen LogP contribution is 2.23. The SMILES string of the molecule is O=[N+]([O-])c1cc2cc(Br)ccc2[nH]1. The summed E-state index contributed by atoms with van der Waals surface area (Å²) in [7, 11) is 0. The van der Waals surface area contributed by atoms with Crippen LogP contribution in [0, 0.1) is 10.1 Å². The normalized spacial score (nSPS) is 10.5. The highest BCUT2D eigenvalue weighted by atomic mass is 79.9. The van der Waals surface area contributed by atoms with Crippen molar-refractivity contribution in [1.82, 2.24) is 4.98 Å². The summed E-state index contributed by atoms with van der Waals surface area (Å²) >= 11 is 3.29. The quantitative estimate of drug-likeness (QED) is 0.616. The van der Waals surface area contributed by atoms with Gasteiger partial charge in [0.05, 0.1) is 0 Å². The molecule has 0 aliphatic rings. The van der Waals surface area contributed by atoms with Crippen molar-refractivity contribution >= 4 is 32.7 Å². The molecule has 0 saturated carbocycles. The second-order valence-corrected chi connectivity index (χ2v) is 3.56. The van der Waals surface area contributed by atoms with Gasteiger partial charge < -0.3 is 10.1 Å². The van der Waals surface area contributed by atoms with Crippen LogP contribution in [0.5, 0.6) is 0 Å². The molecule has 0 fully saturated rings. The fraction of sp³-hybridized carbons (Fsp3) is 0. The van der Waals surface area contributed by atoms with Crippen molar-refractivity contribution in [2.45, 2.75) is 0 Å². The van der Waals surface area contributed by atoms with Gasteiger partial charge in [-0.2, -0.15) is 0 Å². The summed E-state index contributed by atoms with van der Waals surface area (Å²) in [4.78, 5) is 12.7.